The third-order valence-electron chi connectivity index (χ3n) is 2.65. The first-order valence-electron chi connectivity index (χ1n) is 6.76. The minimum atomic E-state index is -0.443. The average Bonchev–Trinajstić information content (AvgIpc) is 2.49. The number of carbonyl (C=O) groups is 1. The molecule has 0 saturated carbocycles. The van der Waals surface area contributed by atoms with Crippen molar-refractivity contribution in [1.82, 2.24) is 0 Å². The Bertz CT molecular complexity index is 526. The quantitative estimate of drug-likeness (QED) is 0.677. The summed E-state index contributed by atoms with van der Waals surface area (Å²) in [5.41, 5.74) is 9.07. The van der Waals surface area contributed by atoms with Crippen LogP contribution in [0.3, 0.4) is 0 Å². The Kier molecular flexibility index (Phi) is 8.17. The van der Waals surface area contributed by atoms with Gasteiger partial charge in [-0.2, -0.15) is 0 Å². The molecule has 0 atom stereocenters. The Hall–Kier alpha value is -1.84. The zero-order chi connectivity index (χ0) is 15.5. The fourth-order valence-corrected chi connectivity index (χ4v) is 1.73. The first kappa shape index (κ1) is 17.2. The smallest absolute Gasteiger partial charge is 0.247 e. The molecule has 0 aromatic heterocycles. The number of hydrogen-bond donors (Lipinski definition) is 1. The number of ether oxygens (including phenoxy) is 1. The van der Waals surface area contributed by atoms with Gasteiger partial charge in [-0.3, -0.25) is 4.79 Å². The summed E-state index contributed by atoms with van der Waals surface area (Å²) in [6.07, 6.45) is 0.973. The maximum Gasteiger partial charge on any atom is 0.247 e. The summed E-state index contributed by atoms with van der Waals surface area (Å²) >= 11 is 4.89. The Labute approximate surface area is 130 Å². The maximum atomic E-state index is 9.84. The van der Waals surface area contributed by atoms with E-state index in [1.165, 1.54) is 11.1 Å². The van der Waals surface area contributed by atoms with E-state index in [1.807, 2.05) is 18.2 Å². The minimum Gasteiger partial charge on any atom is -0.399 e. The van der Waals surface area contributed by atoms with Crippen LogP contribution in [0.2, 0.25) is 0 Å². The molecule has 2 rings (SSSR count). The van der Waals surface area contributed by atoms with Crippen LogP contribution in [0.1, 0.15) is 18.1 Å². The summed E-state index contributed by atoms with van der Waals surface area (Å²) in [5, 5.41) is -0.443. The van der Waals surface area contributed by atoms with Crippen molar-refractivity contribution in [2.24, 2.45) is 0 Å². The van der Waals surface area contributed by atoms with E-state index >= 15 is 0 Å². The van der Waals surface area contributed by atoms with Crippen molar-refractivity contribution < 1.29 is 9.53 Å². The first-order valence-corrected chi connectivity index (χ1v) is 7.14. The molecule has 2 aromatic rings. The number of hydrogen-bond acceptors (Lipinski definition) is 3. The van der Waals surface area contributed by atoms with E-state index in [2.05, 4.69) is 41.1 Å². The number of nitrogen functional groups attached to an aromatic ring is 1. The van der Waals surface area contributed by atoms with Gasteiger partial charge < -0.3 is 10.5 Å². The van der Waals surface area contributed by atoms with Crippen molar-refractivity contribution in [2.45, 2.75) is 13.3 Å². The summed E-state index contributed by atoms with van der Waals surface area (Å²) in [6, 6.07) is 18.5. The van der Waals surface area contributed by atoms with Crippen LogP contribution in [-0.2, 0) is 16.0 Å². The van der Waals surface area contributed by atoms with Crippen LogP contribution in [0.25, 0.3) is 0 Å². The molecule has 0 saturated heterocycles. The molecule has 0 heterocycles. The summed E-state index contributed by atoms with van der Waals surface area (Å²) in [5.74, 6) is 0. The van der Waals surface area contributed by atoms with Crippen LogP contribution < -0.4 is 5.73 Å². The molecular formula is C17H20ClNO2. The Balaban J connectivity index is 0.000000270. The highest BCUT2D eigenvalue weighted by Crippen LogP contribution is 2.11. The molecule has 0 aliphatic heterocycles. The summed E-state index contributed by atoms with van der Waals surface area (Å²) in [6.45, 7) is 2.37. The van der Waals surface area contributed by atoms with Gasteiger partial charge in [0.2, 0.25) is 5.24 Å². The Morgan fingerprint density at radius 2 is 1.62 bits per heavy atom. The summed E-state index contributed by atoms with van der Waals surface area (Å²) in [4.78, 5) is 9.84. The molecule has 4 heteroatoms. The molecule has 112 valence electrons. The van der Waals surface area contributed by atoms with E-state index in [4.69, 9.17) is 17.3 Å². The van der Waals surface area contributed by atoms with E-state index < -0.39 is 5.24 Å². The highest BCUT2D eigenvalue weighted by atomic mass is 35.5. The van der Waals surface area contributed by atoms with Gasteiger partial charge in [0.15, 0.2) is 0 Å². The third kappa shape index (κ3) is 8.12. The lowest BCUT2D eigenvalue weighted by Crippen LogP contribution is -1.99. The molecule has 0 aliphatic rings. The lowest BCUT2D eigenvalue weighted by atomic mass is 10.1. The monoisotopic (exact) mass is 305 g/mol. The zero-order valence-corrected chi connectivity index (χ0v) is 12.8. The number of rotatable bonds is 5. The van der Waals surface area contributed by atoms with Gasteiger partial charge in [0, 0.05) is 12.3 Å². The largest absolute Gasteiger partial charge is 0.399 e. The maximum absolute atomic E-state index is 9.84. The van der Waals surface area contributed by atoms with Gasteiger partial charge >= 0.3 is 0 Å². The van der Waals surface area contributed by atoms with Gasteiger partial charge in [0.05, 0.1) is 0 Å². The zero-order valence-electron chi connectivity index (χ0n) is 12.1. The number of halogens is 1. The van der Waals surface area contributed by atoms with Crippen molar-refractivity contribution in [3.63, 3.8) is 0 Å². The minimum absolute atomic E-state index is 0.0258. The van der Waals surface area contributed by atoms with Gasteiger partial charge in [-0.1, -0.05) is 42.5 Å². The number of anilines is 1. The third-order valence-corrected chi connectivity index (χ3v) is 2.76. The van der Waals surface area contributed by atoms with Crippen molar-refractivity contribution in [2.75, 3.05) is 18.9 Å². The van der Waals surface area contributed by atoms with Crippen LogP contribution in [0.4, 0.5) is 5.69 Å². The molecule has 2 N–H and O–H groups in total. The van der Waals surface area contributed by atoms with Gasteiger partial charge in [0.1, 0.15) is 6.61 Å². The van der Waals surface area contributed by atoms with Crippen LogP contribution in [0.15, 0.2) is 54.6 Å². The topological polar surface area (TPSA) is 52.3 Å². The summed E-state index contributed by atoms with van der Waals surface area (Å²) in [7, 11) is 0. The second kappa shape index (κ2) is 9.97. The van der Waals surface area contributed by atoms with Gasteiger partial charge in [-0.15, -0.1) is 0 Å². The Morgan fingerprint density at radius 1 is 1.05 bits per heavy atom. The normalized spacial score (nSPS) is 9.62. The Morgan fingerprint density at radius 3 is 2.10 bits per heavy atom. The molecule has 0 unspecified atom stereocenters. The number of benzene rings is 2. The number of carbonyl (C=O) groups excluding carboxylic acids is 1. The summed E-state index contributed by atoms with van der Waals surface area (Å²) < 4.78 is 4.61. The molecule has 0 aliphatic carbocycles. The van der Waals surface area contributed by atoms with Gasteiger partial charge in [-0.05, 0) is 48.2 Å². The second-order valence-corrected chi connectivity index (χ2v) is 4.82. The first-order chi connectivity index (χ1) is 10.1. The van der Waals surface area contributed by atoms with E-state index in [-0.39, 0.29) is 6.61 Å². The molecule has 0 fully saturated rings. The molecule has 2 aromatic carbocycles. The van der Waals surface area contributed by atoms with Crippen molar-refractivity contribution >= 4 is 22.5 Å². The lowest BCUT2D eigenvalue weighted by Gasteiger charge is -2.01. The average molecular weight is 306 g/mol. The van der Waals surface area contributed by atoms with Gasteiger partial charge in [-0.25, -0.2) is 0 Å². The van der Waals surface area contributed by atoms with E-state index in [0.717, 1.165) is 12.1 Å². The van der Waals surface area contributed by atoms with Crippen molar-refractivity contribution in [1.29, 1.82) is 0 Å². The molecule has 0 spiro atoms. The number of nitrogens with two attached hydrogens (primary N) is 1. The van der Waals surface area contributed by atoms with Crippen molar-refractivity contribution in [3.8, 4) is 0 Å². The van der Waals surface area contributed by atoms with Crippen molar-refractivity contribution in [3.05, 3.63) is 65.7 Å². The molecular weight excluding hydrogens is 286 g/mol. The lowest BCUT2D eigenvalue weighted by molar-refractivity contribution is -0.115. The molecule has 0 radical (unpaired) electrons. The van der Waals surface area contributed by atoms with Crippen LogP contribution in [0, 0.1) is 0 Å². The standard InChI is InChI=1S/C13H13N.C4H7ClO2/c14-13-8-6-12(7-9-13)10-11-4-2-1-3-5-11;1-2-7-3-4(5)6/h1-9H,10,14H2;2-3H2,1H3. The van der Waals surface area contributed by atoms with Gasteiger partial charge in [0.25, 0.3) is 0 Å². The second-order valence-electron chi connectivity index (χ2n) is 4.40. The van der Waals surface area contributed by atoms with E-state index in [9.17, 15) is 4.79 Å². The van der Waals surface area contributed by atoms with E-state index in [1.54, 1.807) is 6.92 Å². The fraction of sp³-hybridized carbons (Fsp3) is 0.235. The van der Waals surface area contributed by atoms with Crippen LogP contribution in [-0.4, -0.2) is 18.5 Å². The molecule has 0 bridgehead atoms. The SMILES string of the molecule is CCOCC(=O)Cl.Nc1ccc(Cc2ccccc2)cc1. The molecule has 3 nitrogen and oxygen atoms in total. The predicted octanol–water partition coefficient (Wildman–Crippen LogP) is 3.65. The predicted molar refractivity (Wildman–Crippen MR) is 87.5 cm³/mol. The highest BCUT2D eigenvalue weighted by Gasteiger charge is 1.94. The molecule has 0 amide bonds. The highest BCUT2D eigenvalue weighted by molar-refractivity contribution is 6.63. The van der Waals surface area contributed by atoms with Crippen LogP contribution >= 0.6 is 11.6 Å². The van der Waals surface area contributed by atoms with Crippen LogP contribution in [0.5, 0.6) is 0 Å². The van der Waals surface area contributed by atoms with E-state index in [0.29, 0.717) is 6.61 Å². The fourth-order valence-electron chi connectivity index (χ4n) is 1.65. The molecule has 21 heavy (non-hydrogen) atoms.